The van der Waals surface area contributed by atoms with E-state index in [1.54, 1.807) is 18.2 Å². The van der Waals surface area contributed by atoms with Crippen LogP contribution >= 0.6 is 11.5 Å². The molecule has 0 saturated carbocycles. The summed E-state index contributed by atoms with van der Waals surface area (Å²) in [6.07, 6.45) is 2.06. The van der Waals surface area contributed by atoms with E-state index in [0.717, 1.165) is 16.4 Å². The van der Waals surface area contributed by atoms with Gasteiger partial charge in [-0.3, -0.25) is 14.5 Å². The normalized spacial score (nSPS) is 12.4. The highest BCUT2D eigenvalue weighted by Crippen LogP contribution is 2.32. The van der Waals surface area contributed by atoms with E-state index in [4.69, 9.17) is 4.42 Å². The van der Waals surface area contributed by atoms with E-state index in [1.807, 2.05) is 20.8 Å². The number of amides is 2. The fourth-order valence-corrected chi connectivity index (χ4v) is 3.13. The van der Waals surface area contributed by atoms with Crippen molar-refractivity contribution in [1.29, 1.82) is 0 Å². The van der Waals surface area contributed by atoms with Crippen LogP contribution in [0.15, 0.2) is 52.5 Å². The van der Waals surface area contributed by atoms with E-state index >= 15 is 0 Å². The predicted molar refractivity (Wildman–Crippen MR) is 107 cm³/mol. The maximum Gasteiger partial charge on any atom is 0.280 e. The number of hydrogen-bond acceptors (Lipinski definition) is 6. The molecule has 152 valence electrons. The zero-order chi connectivity index (χ0) is 21.0. The third-order valence-corrected chi connectivity index (χ3v) is 5.08. The molecule has 29 heavy (non-hydrogen) atoms. The summed E-state index contributed by atoms with van der Waals surface area (Å²) in [6.45, 7) is 5.66. The second-order valence-corrected chi connectivity index (χ2v) is 7.67. The van der Waals surface area contributed by atoms with Crippen molar-refractivity contribution < 1.29 is 18.4 Å². The largest absolute Gasteiger partial charge is 0.467 e. The van der Waals surface area contributed by atoms with Gasteiger partial charge in [0.15, 0.2) is 11.7 Å². The number of nitrogens with one attached hydrogen (secondary N) is 1. The summed E-state index contributed by atoms with van der Waals surface area (Å²) in [7, 11) is 0. The second kappa shape index (κ2) is 8.52. The van der Waals surface area contributed by atoms with Crippen molar-refractivity contribution in [1.82, 2.24) is 14.9 Å². The highest BCUT2D eigenvalue weighted by Gasteiger charge is 2.38. The van der Waals surface area contributed by atoms with Crippen molar-refractivity contribution >= 4 is 29.0 Å². The number of para-hydroxylation sites is 1. The number of aromatic nitrogens is 2. The summed E-state index contributed by atoms with van der Waals surface area (Å²) in [5.74, 6) is -1.60. The number of benzene rings is 1. The SMILES string of the molecule is CCC(C)(C)NC(=O)[C@@H](c1ccco1)N(C(=O)c1csnn1)c1ccccc1F. The van der Waals surface area contributed by atoms with Crippen LogP contribution < -0.4 is 10.2 Å². The number of anilines is 1. The van der Waals surface area contributed by atoms with Gasteiger partial charge in [-0.25, -0.2) is 4.39 Å². The van der Waals surface area contributed by atoms with E-state index in [9.17, 15) is 14.0 Å². The lowest BCUT2D eigenvalue weighted by Gasteiger charge is -2.33. The lowest BCUT2D eigenvalue weighted by Crippen LogP contribution is -2.50. The van der Waals surface area contributed by atoms with E-state index in [-0.39, 0.29) is 17.1 Å². The van der Waals surface area contributed by atoms with Crippen molar-refractivity contribution in [2.75, 3.05) is 4.90 Å². The van der Waals surface area contributed by atoms with Crippen LogP contribution in [-0.4, -0.2) is 26.9 Å². The Hall–Kier alpha value is -3.07. The van der Waals surface area contributed by atoms with Crippen LogP contribution in [0.4, 0.5) is 10.1 Å². The Morgan fingerprint density at radius 3 is 2.62 bits per heavy atom. The van der Waals surface area contributed by atoms with Crippen LogP contribution in [0.1, 0.15) is 49.5 Å². The Labute approximate surface area is 171 Å². The van der Waals surface area contributed by atoms with Gasteiger partial charge >= 0.3 is 0 Å². The topological polar surface area (TPSA) is 88.3 Å². The zero-order valence-electron chi connectivity index (χ0n) is 16.3. The van der Waals surface area contributed by atoms with E-state index in [2.05, 4.69) is 14.9 Å². The van der Waals surface area contributed by atoms with Gasteiger partial charge < -0.3 is 9.73 Å². The summed E-state index contributed by atoms with van der Waals surface area (Å²) < 4.78 is 23.9. The standard InChI is InChI=1S/C20H21FN4O3S/c1-4-20(2,3)22-18(26)17(16-10-7-11-28-16)25(15-9-6-5-8-13(15)21)19(27)14-12-29-24-23-14/h5-12,17H,4H2,1-3H3,(H,22,26)/t17-/m1/s1. The van der Waals surface area contributed by atoms with Crippen molar-refractivity contribution in [3.63, 3.8) is 0 Å². The third-order valence-electron chi connectivity index (χ3n) is 4.57. The highest BCUT2D eigenvalue weighted by molar-refractivity contribution is 7.03. The summed E-state index contributed by atoms with van der Waals surface area (Å²) in [5.41, 5.74) is -0.581. The monoisotopic (exact) mass is 416 g/mol. The number of halogens is 1. The number of hydrogen-bond donors (Lipinski definition) is 1. The molecule has 0 aliphatic heterocycles. The number of carbonyl (C=O) groups is 2. The van der Waals surface area contributed by atoms with Crippen LogP contribution in [0.5, 0.6) is 0 Å². The van der Waals surface area contributed by atoms with Gasteiger partial charge in [0.05, 0.1) is 12.0 Å². The van der Waals surface area contributed by atoms with E-state index in [0.29, 0.717) is 6.42 Å². The minimum atomic E-state index is -1.23. The van der Waals surface area contributed by atoms with Gasteiger partial charge in [0, 0.05) is 10.9 Å². The van der Waals surface area contributed by atoms with E-state index < -0.39 is 29.2 Å². The molecule has 7 nitrogen and oxygen atoms in total. The molecule has 2 aromatic heterocycles. The Kier molecular flexibility index (Phi) is 6.07. The molecule has 3 rings (SSSR count). The molecule has 3 aromatic rings. The lowest BCUT2D eigenvalue weighted by atomic mass is 10.0. The van der Waals surface area contributed by atoms with Crippen molar-refractivity contribution in [2.45, 2.75) is 38.8 Å². The van der Waals surface area contributed by atoms with Gasteiger partial charge in [-0.15, -0.1) is 5.10 Å². The predicted octanol–water partition coefficient (Wildman–Crippen LogP) is 3.96. The molecule has 0 saturated heterocycles. The molecule has 2 amide bonds. The first-order chi connectivity index (χ1) is 13.8. The van der Waals surface area contributed by atoms with Crippen LogP contribution in [0, 0.1) is 5.82 Å². The van der Waals surface area contributed by atoms with Crippen LogP contribution in [0.2, 0.25) is 0 Å². The van der Waals surface area contributed by atoms with Crippen molar-refractivity contribution in [2.24, 2.45) is 0 Å². The molecule has 2 heterocycles. The number of rotatable bonds is 7. The van der Waals surface area contributed by atoms with Crippen molar-refractivity contribution in [3.05, 3.63) is 65.3 Å². The quantitative estimate of drug-likeness (QED) is 0.630. The molecule has 1 aromatic carbocycles. The molecule has 0 bridgehead atoms. The molecule has 0 unspecified atom stereocenters. The molecule has 0 fully saturated rings. The summed E-state index contributed by atoms with van der Waals surface area (Å²) in [4.78, 5) is 27.6. The summed E-state index contributed by atoms with van der Waals surface area (Å²) in [6, 6.07) is 7.70. The third kappa shape index (κ3) is 4.51. The molecule has 1 atom stereocenters. The zero-order valence-corrected chi connectivity index (χ0v) is 17.1. The van der Waals surface area contributed by atoms with Gasteiger partial charge in [-0.1, -0.05) is 23.5 Å². The second-order valence-electron chi connectivity index (χ2n) is 7.06. The minimum Gasteiger partial charge on any atom is -0.467 e. The molecule has 1 N–H and O–H groups in total. The first kappa shape index (κ1) is 20.7. The number of nitrogens with zero attached hydrogens (tertiary/aromatic N) is 3. The van der Waals surface area contributed by atoms with Crippen LogP contribution in [0.3, 0.4) is 0 Å². The number of furan rings is 1. The average molecular weight is 416 g/mol. The number of carbonyl (C=O) groups excluding carboxylic acids is 2. The first-order valence-electron chi connectivity index (χ1n) is 9.04. The summed E-state index contributed by atoms with van der Waals surface area (Å²) >= 11 is 0.990. The fraction of sp³-hybridized carbons (Fsp3) is 0.300. The maximum absolute atomic E-state index is 14.7. The van der Waals surface area contributed by atoms with Gasteiger partial charge in [0.25, 0.3) is 11.8 Å². The van der Waals surface area contributed by atoms with Crippen molar-refractivity contribution in [3.8, 4) is 0 Å². The Morgan fingerprint density at radius 1 is 1.28 bits per heavy atom. The molecule has 0 aliphatic rings. The Bertz CT molecular complexity index is 974. The smallest absolute Gasteiger partial charge is 0.280 e. The molecule has 0 radical (unpaired) electrons. The van der Waals surface area contributed by atoms with Gasteiger partial charge in [0.1, 0.15) is 11.6 Å². The molecule has 0 spiro atoms. The minimum absolute atomic E-state index is 0.0114. The van der Waals surface area contributed by atoms with Gasteiger partial charge in [0.2, 0.25) is 0 Å². The van der Waals surface area contributed by atoms with Gasteiger partial charge in [-0.2, -0.15) is 0 Å². The van der Waals surface area contributed by atoms with E-state index in [1.165, 1.54) is 29.8 Å². The van der Waals surface area contributed by atoms with Crippen LogP contribution in [-0.2, 0) is 4.79 Å². The summed E-state index contributed by atoms with van der Waals surface area (Å²) in [5, 5.41) is 8.16. The Morgan fingerprint density at radius 2 is 2.03 bits per heavy atom. The highest BCUT2D eigenvalue weighted by atomic mass is 32.1. The molecule has 0 aliphatic carbocycles. The van der Waals surface area contributed by atoms with Gasteiger partial charge in [-0.05, 0) is 56.1 Å². The fourth-order valence-electron chi connectivity index (χ4n) is 2.70. The lowest BCUT2D eigenvalue weighted by molar-refractivity contribution is -0.124. The Balaban J connectivity index is 2.14. The molecular weight excluding hydrogens is 395 g/mol. The average Bonchev–Trinajstić information content (AvgIpc) is 3.40. The first-order valence-corrected chi connectivity index (χ1v) is 9.88. The van der Waals surface area contributed by atoms with Crippen LogP contribution in [0.25, 0.3) is 0 Å². The maximum atomic E-state index is 14.7. The molecule has 9 heteroatoms. The molecular formula is C20H21FN4O3S.